The summed E-state index contributed by atoms with van der Waals surface area (Å²) in [5.74, 6) is 2.11. The van der Waals surface area contributed by atoms with Gasteiger partial charge in [-0.25, -0.2) is 0 Å². The van der Waals surface area contributed by atoms with Gasteiger partial charge in [0.05, 0.1) is 12.4 Å². The highest BCUT2D eigenvalue weighted by Crippen LogP contribution is 2.14. The lowest BCUT2D eigenvalue weighted by molar-refractivity contribution is -0.113. The minimum absolute atomic E-state index is 0.0222. The van der Waals surface area contributed by atoms with Crippen molar-refractivity contribution in [2.75, 3.05) is 23.4 Å². The first-order valence-electron chi connectivity index (χ1n) is 6.87. The average molecular weight is 301 g/mol. The molecule has 0 radical (unpaired) electrons. The van der Waals surface area contributed by atoms with E-state index in [1.807, 2.05) is 61.5 Å². The molecular formula is C17H19NO2S. The summed E-state index contributed by atoms with van der Waals surface area (Å²) in [6.45, 7) is 2.59. The van der Waals surface area contributed by atoms with Crippen LogP contribution < -0.4 is 10.1 Å². The molecule has 0 saturated heterocycles. The highest BCUT2D eigenvalue weighted by Gasteiger charge is 2.04. The number of aryl methyl sites for hydroxylation is 1. The fourth-order valence-corrected chi connectivity index (χ4v) is 2.40. The zero-order chi connectivity index (χ0) is 14.9. The Labute approximate surface area is 129 Å². The number of hydrogen-bond acceptors (Lipinski definition) is 3. The molecule has 2 aromatic rings. The number of rotatable bonds is 7. The lowest BCUT2D eigenvalue weighted by Crippen LogP contribution is -2.15. The van der Waals surface area contributed by atoms with Gasteiger partial charge in [0, 0.05) is 11.4 Å². The van der Waals surface area contributed by atoms with Crippen LogP contribution in [0.1, 0.15) is 5.56 Å². The van der Waals surface area contributed by atoms with Crippen molar-refractivity contribution >= 4 is 23.4 Å². The van der Waals surface area contributed by atoms with Crippen LogP contribution in [-0.4, -0.2) is 24.0 Å². The predicted octanol–water partition coefficient (Wildman–Crippen LogP) is 3.75. The molecular weight excluding hydrogens is 282 g/mol. The van der Waals surface area contributed by atoms with Crippen LogP contribution in [-0.2, 0) is 4.79 Å². The maximum atomic E-state index is 11.8. The monoisotopic (exact) mass is 301 g/mol. The Balaban J connectivity index is 1.63. The molecule has 3 nitrogen and oxygen atoms in total. The van der Waals surface area contributed by atoms with Gasteiger partial charge < -0.3 is 10.1 Å². The third-order valence-corrected chi connectivity index (χ3v) is 3.81. The van der Waals surface area contributed by atoms with Crippen molar-refractivity contribution in [3.8, 4) is 5.75 Å². The van der Waals surface area contributed by atoms with E-state index in [0.717, 1.165) is 22.8 Å². The molecule has 0 fully saturated rings. The van der Waals surface area contributed by atoms with Gasteiger partial charge in [0.25, 0.3) is 0 Å². The number of benzene rings is 2. The van der Waals surface area contributed by atoms with E-state index in [0.29, 0.717) is 12.4 Å². The molecule has 0 aliphatic carbocycles. The SMILES string of the molecule is Cc1ccccc1NC(=O)CSCCOc1ccccc1. The Hall–Kier alpha value is -1.94. The fraction of sp³-hybridized carbons (Fsp3) is 0.235. The van der Waals surface area contributed by atoms with E-state index < -0.39 is 0 Å². The summed E-state index contributed by atoms with van der Waals surface area (Å²) >= 11 is 1.57. The Morgan fingerprint density at radius 1 is 1.10 bits per heavy atom. The Bertz CT molecular complexity index is 572. The van der Waals surface area contributed by atoms with Crippen LogP contribution in [0.25, 0.3) is 0 Å². The maximum absolute atomic E-state index is 11.8. The fourth-order valence-electron chi connectivity index (χ4n) is 1.80. The van der Waals surface area contributed by atoms with Gasteiger partial charge in [-0.1, -0.05) is 36.4 Å². The normalized spacial score (nSPS) is 10.1. The highest BCUT2D eigenvalue weighted by atomic mass is 32.2. The van der Waals surface area contributed by atoms with Crippen LogP contribution in [0.4, 0.5) is 5.69 Å². The molecule has 0 aliphatic heterocycles. The van der Waals surface area contributed by atoms with Gasteiger partial charge in [0.1, 0.15) is 5.75 Å². The smallest absolute Gasteiger partial charge is 0.234 e. The van der Waals surface area contributed by atoms with E-state index in [9.17, 15) is 4.79 Å². The average Bonchev–Trinajstić information content (AvgIpc) is 2.50. The Kier molecular flexibility index (Phi) is 6.16. The molecule has 0 heterocycles. The number of amides is 1. The zero-order valence-corrected chi connectivity index (χ0v) is 12.9. The van der Waals surface area contributed by atoms with E-state index in [1.165, 1.54) is 0 Å². The van der Waals surface area contributed by atoms with E-state index in [1.54, 1.807) is 11.8 Å². The van der Waals surface area contributed by atoms with E-state index >= 15 is 0 Å². The first-order valence-corrected chi connectivity index (χ1v) is 8.02. The van der Waals surface area contributed by atoms with Gasteiger partial charge in [0.15, 0.2) is 0 Å². The van der Waals surface area contributed by atoms with Crippen molar-refractivity contribution in [3.63, 3.8) is 0 Å². The third kappa shape index (κ3) is 5.52. The van der Waals surface area contributed by atoms with Crippen molar-refractivity contribution in [3.05, 3.63) is 60.2 Å². The third-order valence-electron chi connectivity index (χ3n) is 2.89. The molecule has 110 valence electrons. The Morgan fingerprint density at radius 3 is 2.57 bits per heavy atom. The molecule has 0 bridgehead atoms. The summed E-state index contributed by atoms with van der Waals surface area (Å²) < 4.78 is 5.57. The van der Waals surface area contributed by atoms with Gasteiger partial charge in [-0.15, -0.1) is 11.8 Å². The van der Waals surface area contributed by atoms with Gasteiger partial charge in [-0.05, 0) is 30.7 Å². The van der Waals surface area contributed by atoms with Crippen molar-refractivity contribution in [2.24, 2.45) is 0 Å². The molecule has 0 unspecified atom stereocenters. The van der Waals surface area contributed by atoms with Crippen molar-refractivity contribution in [1.82, 2.24) is 0 Å². The van der Waals surface area contributed by atoms with Crippen LogP contribution in [0.5, 0.6) is 5.75 Å². The number of nitrogens with one attached hydrogen (secondary N) is 1. The maximum Gasteiger partial charge on any atom is 0.234 e. The number of para-hydroxylation sites is 2. The van der Waals surface area contributed by atoms with Crippen LogP contribution in [0.2, 0.25) is 0 Å². The zero-order valence-electron chi connectivity index (χ0n) is 12.0. The standard InChI is InChI=1S/C17H19NO2S/c1-14-7-5-6-10-16(14)18-17(19)13-21-12-11-20-15-8-3-2-4-9-15/h2-10H,11-13H2,1H3,(H,18,19). The first kappa shape index (κ1) is 15.4. The van der Waals surface area contributed by atoms with Crippen LogP contribution >= 0.6 is 11.8 Å². The molecule has 2 aromatic carbocycles. The number of thioether (sulfide) groups is 1. The number of carbonyl (C=O) groups excluding carboxylic acids is 1. The second-order valence-electron chi connectivity index (χ2n) is 4.58. The van der Waals surface area contributed by atoms with E-state index in [4.69, 9.17) is 4.74 Å². The van der Waals surface area contributed by atoms with Crippen LogP contribution in [0, 0.1) is 6.92 Å². The molecule has 0 saturated carbocycles. The molecule has 0 atom stereocenters. The van der Waals surface area contributed by atoms with E-state index in [-0.39, 0.29) is 5.91 Å². The molecule has 1 N–H and O–H groups in total. The summed E-state index contributed by atoms with van der Waals surface area (Å²) in [7, 11) is 0. The minimum Gasteiger partial charge on any atom is -0.493 e. The summed E-state index contributed by atoms with van der Waals surface area (Å²) in [5, 5.41) is 2.92. The molecule has 2 rings (SSSR count). The molecule has 4 heteroatoms. The summed E-state index contributed by atoms with van der Waals surface area (Å²) in [6.07, 6.45) is 0. The summed E-state index contributed by atoms with van der Waals surface area (Å²) in [5.41, 5.74) is 1.95. The Morgan fingerprint density at radius 2 is 1.81 bits per heavy atom. The topological polar surface area (TPSA) is 38.3 Å². The number of hydrogen-bond donors (Lipinski definition) is 1. The van der Waals surface area contributed by atoms with Gasteiger partial charge in [-0.2, -0.15) is 0 Å². The van der Waals surface area contributed by atoms with Gasteiger partial charge >= 0.3 is 0 Å². The quantitative estimate of drug-likeness (QED) is 0.792. The van der Waals surface area contributed by atoms with Gasteiger partial charge in [-0.3, -0.25) is 4.79 Å². The highest BCUT2D eigenvalue weighted by molar-refractivity contribution is 7.99. The predicted molar refractivity (Wildman–Crippen MR) is 89.1 cm³/mol. The van der Waals surface area contributed by atoms with E-state index in [2.05, 4.69) is 5.32 Å². The number of carbonyl (C=O) groups is 1. The number of ether oxygens (including phenoxy) is 1. The minimum atomic E-state index is 0.0222. The summed E-state index contributed by atoms with van der Waals surface area (Å²) in [6, 6.07) is 17.5. The van der Waals surface area contributed by atoms with Crippen LogP contribution in [0.3, 0.4) is 0 Å². The lowest BCUT2D eigenvalue weighted by Gasteiger charge is -2.08. The summed E-state index contributed by atoms with van der Waals surface area (Å²) in [4.78, 5) is 11.8. The second kappa shape index (κ2) is 8.37. The first-order chi connectivity index (χ1) is 10.3. The molecule has 0 aromatic heterocycles. The van der Waals surface area contributed by atoms with Crippen molar-refractivity contribution in [2.45, 2.75) is 6.92 Å². The van der Waals surface area contributed by atoms with Crippen molar-refractivity contribution in [1.29, 1.82) is 0 Å². The molecule has 0 aliphatic rings. The second-order valence-corrected chi connectivity index (χ2v) is 5.68. The lowest BCUT2D eigenvalue weighted by atomic mass is 10.2. The number of anilines is 1. The van der Waals surface area contributed by atoms with Gasteiger partial charge in [0.2, 0.25) is 5.91 Å². The molecule has 1 amide bonds. The molecule has 0 spiro atoms. The molecule has 21 heavy (non-hydrogen) atoms. The van der Waals surface area contributed by atoms with Crippen molar-refractivity contribution < 1.29 is 9.53 Å². The van der Waals surface area contributed by atoms with Crippen LogP contribution in [0.15, 0.2) is 54.6 Å². The largest absolute Gasteiger partial charge is 0.493 e.